The Morgan fingerprint density at radius 1 is 1.50 bits per heavy atom. The number of fused-ring (bicyclic) bond motifs is 2. The molecule has 0 aromatic rings. The molecule has 3 aliphatic rings. The fourth-order valence-electron chi connectivity index (χ4n) is 4.18. The first-order valence-corrected chi connectivity index (χ1v) is 6.72. The summed E-state index contributed by atoms with van der Waals surface area (Å²) in [7, 11) is 0. The van der Waals surface area contributed by atoms with E-state index < -0.39 is 6.10 Å². The molecule has 0 unspecified atom stereocenters. The smallest absolute Gasteiger partial charge is 0.334 e. The van der Waals surface area contributed by atoms with Crippen LogP contribution < -0.4 is 0 Å². The summed E-state index contributed by atoms with van der Waals surface area (Å²) >= 11 is 0. The molecule has 0 aromatic carbocycles. The lowest BCUT2D eigenvalue weighted by Crippen LogP contribution is -2.46. The molecule has 0 amide bonds. The lowest BCUT2D eigenvalue weighted by Gasteiger charge is -2.47. The number of carbonyl (C=O) groups is 1. The van der Waals surface area contributed by atoms with Crippen molar-refractivity contribution in [3.8, 4) is 0 Å². The normalized spacial score (nSPS) is 43.6. The molecular weight excluding hydrogens is 228 g/mol. The van der Waals surface area contributed by atoms with Crippen LogP contribution in [0.2, 0.25) is 0 Å². The molecule has 3 nitrogen and oxygen atoms in total. The molecule has 4 atom stereocenters. The molecule has 1 heterocycles. The molecule has 3 rings (SSSR count). The second-order valence-corrected chi connectivity index (χ2v) is 6.25. The molecule has 1 saturated heterocycles. The molecular formula is C15H20O3. The van der Waals surface area contributed by atoms with Gasteiger partial charge in [0.1, 0.15) is 6.10 Å². The average molecular weight is 248 g/mol. The maximum absolute atomic E-state index is 11.6. The molecule has 1 saturated carbocycles. The van der Waals surface area contributed by atoms with Crippen molar-refractivity contribution in [1.29, 1.82) is 0 Å². The maximum Gasteiger partial charge on any atom is 0.334 e. The lowest BCUT2D eigenvalue weighted by molar-refractivity contribution is -0.141. The van der Waals surface area contributed by atoms with Crippen LogP contribution in [0.5, 0.6) is 0 Å². The molecule has 2 fully saturated rings. The largest absolute Gasteiger partial charge is 0.458 e. The first-order valence-electron chi connectivity index (χ1n) is 6.72. The minimum Gasteiger partial charge on any atom is -0.458 e. The number of esters is 1. The minimum atomic E-state index is -0.590. The maximum atomic E-state index is 11.6. The van der Waals surface area contributed by atoms with Crippen molar-refractivity contribution < 1.29 is 14.6 Å². The van der Waals surface area contributed by atoms with Crippen molar-refractivity contribution in [2.24, 2.45) is 11.3 Å². The van der Waals surface area contributed by atoms with Crippen LogP contribution in [0.15, 0.2) is 23.3 Å². The van der Waals surface area contributed by atoms with Crippen molar-refractivity contribution >= 4 is 5.97 Å². The van der Waals surface area contributed by atoms with E-state index in [2.05, 4.69) is 20.4 Å². The third-order valence-corrected chi connectivity index (χ3v) is 5.00. The highest BCUT2D eigenvalue weighted by molar-refractivity contribution is 5.91. The van der Waals surface area contributed by atoms with Crippen LogP contribution in [0.25, 0.3) is 0 Å². The standard InChI is InChI=1S/C15H20O3/c1-8-5-4-6-15(3)7-10-11(13(16)12(8)15)9(2)14(17)18-10/h10-11,13,16H,2,4-7H2,1,3H3/t10-,11-,13+,15+/m1/s1. The van der Waals surface area contributed by atoms with Crippen molar-refractivity contribution in [3.05, 3.63) is 23.3 Å². The second-order valence-electron chi connectivity index (χ2n) is 6.25. The molecule has 1 N–H and O–H groups in total. The van der Waals surface area contributed by atoms with E-state index in [1.54, 1.807) is 0 Å². The quantitative estimate of drug-likeness (QED) is 0.406. The Bertz CT molecular complexity index is 462. The van der Waals surface area contributed by atoms with Gasteiger partial charge >= 0.3 is 5.97 Å². The zero-order valence-corrected chi connectivity index (χ0v) is 11.0. The number of hydrogen-bond donors (Lipinski definition) is 1. The number of aliphatic hydroxyl groups is 1. The van der Waals surface area contributed by atoms with Crippen LogP contribution in [0.4, 0.5) is 0 Å². The van der Waals surface area contributed by atoms with Gasteiger partial charge in [0.15, 0.2) is 0 Å². The van der Waals surface area contributed by atoms with Gasteiger partial charge in [-0.15, -0.1) is 0 Å². The molecule has 0 aromatic heterocycles. The van der Waals surface area contributed by atoms with E-state index in [1.165, 1.54) is 5.57 Å². The van der Waals surface area contributed by atoms with Gasteiger partial charge < -0.3 is 9.84 Å². The molecule has 1 aliphatic heterocycles. The zero-order valence-electron chi connectivity index (χ0n) is 11.0. The molecule has 98 valence electrons. The third kappa shape index (κ3) is 1.43. The number of ether oxygens (including phenoxy) is 1. The Morgan fingerprint density at radius 3 is 2.94 bits per heavy atom. The Kier molecular flexibility index (Phi) is 2.46. The summed E-state index contributed by atoms with van der Waals surface area (Å²) in [6, 6.07) is 0. The summed E-state index contributed by atoms with van der Waals surface area (Å²) < 4.78 is 5.38. The van der Waals surface area contributed by atoms with Gasteiger partial charge in [-0.25, -0.2) is 4.79 Å². The highest BCUT2D eigenvalue weighted by Crippen LogP contribution is 2.54. The zero-order chi connectivity index (χ0) is 13.1. The van der Waals surface area contributed by atoms with E-state index >= 15 is 0 Å². The number of aliphatic hydroxyl groups excluding tert-OH is 1. The highest BCUT2D eigenvalue weighted by atomic mass is 16.6. The van der Waals surface area contributed by atoms with Gasteiger partial charge in [0.05, 0.1) is 12.0 Å². The fourth-order valence-corrected chi connectivity index (χ4v) is 4.18. The van der Waals surface area contributed by atoms with Crippen LogP contribution >= 0.6 is 0 Å². The van der Waals surface area contributed by atoms with E-state index in [0.717, 1.165) is 31.3 Å². The Hall–Kier alpha value is -1.09. The van der Waals surface area contributed by atoms with Gasteiger partial charge in [0.2, 0.25) is 0 Å². The van der Waals surface area contributed by atoms with E-state index in [4.69, 9.17) is 4.74 Å². The monoisotopic (exact) mass is 248 g/mol. The van der Waals surface area contributed by atoms with Crippen molar-refractivity contribution in [2.45, 2.75) is 51.7 Å². The second kappa shape index (κ2) is 3.70. The Morgan fingerprint density at radius 2 is 2.22 bits per heavy atom. The first-order chi connectivity index (χ1) is 8.44. The van der Waals surface area contributed by atoms with Crippen LogP contribution in [0.3, 0.4) is 0 Å². The van der Waals surface area contributed by atoms with Crippen LogP contribution in [-0.4, -0.2) is 23.3 Å². The lowest BCUT2D eigenvalue weighted by atomic mass is 9.59. The highest BCUT2D eigenvalue weighted by Gasteiger charge is 2.54. The summed E-state index contributed by atoms with van der Waals surface area (Å²) in [5.74, 6) is -0.557. The van der Waals surface area contributed by atoms with Crippen molar-refractivity contribution in [2.75, 3.05) is 0 Å². The van der Waals surface area contributed by atoms with Crippen LogP contribution in [-0.2, 0) is 9.53 Å². The summed E-state index contributed by atoms with van der Waals surface area (Å²) in [4.78, 5) is 11.6. The summed E-state index contributed by atoms with van der Waals surface area (Å²) in [5, 5.41) is 10.6. The number of carbonyl (C=O) groups excluding carboxylic acids is 1. The fraction of sp³-hybridized carbons (Fsp3) is 0.667. The van der Waals surface area contributed by atoms with Crippen molar-refractivity contribution in [3.63, 3.8) is 0 Å². The van der Waals surface area contributed by atoms with Gasteiger partial charge in [-0.1, -0.05) is 19.1 Å². The minimum absolute atomic E-state index is 0.00613. The van der Waals surface area contributed by atoms with Gasteiger partial charge in [-0.2, -0.15) is 0 Å². The SMILES string of the molecule is C=C1C(=O)O[C@@H]2C[C@]3(C)CCCC(C)=C3[C@@H](O)[C@H]12. The third-order valence-electron chi connectivity index (χ3n) is 5.00. The van der Waals surface area contributed by atoms with Gasteiger partial charge in [-0.3, -0.25) is 0 Å². The molecule has 2 aliphatic carbocycles. The summed E-state index contributed by atoms with van der Waals surface area (Å²) in [5.41, 5.74) is 2.88. The predicted molar refractivity (Wildman–Crippen MR) is 67.8 cm³/mol. The molecule has 0 spiro atoms. The van der Waals surface area contributed by atoms with Crippen LogP contribution in [0, 0.1) is 11.3 Å². The number of hydrogen-bond acceptors (Lipinski definition) is 3. The van der Waals surface area contributed by atoms with E-state index in [1.807, 2.05) is 0 Å². The molecule has 18 heavy (non-hydrogen) atoms. The topological polar surface area (TPSA) is 46.5 Å². The molecule has 3 heteroatoms. The molecule has 0 bridgehead atoms. The molecule has 0 radical (unpaired) electrons. The Labute approximate surface area is 108 Å². The number of rotatable bonds is 0. The van der Waals surface area contributed by atoms with E-state index in [0.29, 0.717) is 5.57 Å². The first kappa shape index (κ1) is 12.0. The average Bonchev–Trinajstić information content (AvgIpc) is 2.53. The van der Waals surface area contributed by atoms with Gasteiger partial charge in [0, 0.05) is 5.57 Å². The Balaban J connectivity index is 2.06. The van der Waals surface area contributed by atoms with Gasteiger partial charge in [-0.05, 0) is 43.6 Å². The van der Waals surface area contributed by atoms with E-state index in [9.17, 15) is 9.90 Å². The van der Waals surface area contributed by atoms with Crippen molar-refractivity contribution in [1.82, 2.24) is 0 Å². The predicted octanol–water partition coefficient (Wildman–Crippen LogP) is 2.36. The summed E-state index contributed by atoms with van der Waals surface area (Å²) in [6.45, 7) is 8.10. The summed E-state index contributed by atoms with van der Waals surface area (Å²) in [6.07, 6.45) is 3.34. The van der Waals surface area contributed by atoms with Gasteiger partial charge in [0.25, 0.3) is 0 Å². The number of allylic oxidation sites excluding steroid dienone is 1. The van der Waals surface area contributed by atoms with Crippen LogP contribution in [0.1, 0.15) is 39.5 Å². The van der Waals surface area contributed by atoms with E-state index in [-0.39, 0.29) is 23.4 Å².